The van der Waals surface area contributed by atoms with Crippen LogP contribution in [0.15, 0.2) is 60.0 Å². The van der Waals surface area contributed by atoms with Gasteiger partial charge in [0.1, 0.15) is 0 Å². The van der Waals surface area contributed by atoms with Gasteiger partial charge in [-0.05, 0) is 47.0 Å². The zero-order chi connectivity index (χ0) is 21.1. The van der Waals surface area contributed by atoms with Gasteiger partial charge in [-0.1, -0.05) is 56.3 Å². The Labute approximate surface area is 181 Å². The molecule has 2 heterocycles. The molecule has 0 unspecified atom stereocenters. The second-order valence-corrected chi connectivity index (χ2v) is 9.34. The van der Waals surface area contributed by atoms with Crippen LogP contribution in [0.5, 0.6) is 0 Å². The van der Waals surface area contributed by atoms with Gasteiger partial charge in [-0.15, -0.1) is 11.3 Å². The maximum absolute atomic E-state index is 13.3. The molecule has 156 valence electrons. The number of benzene rings is 2. The van der Waals surface area contributed by atoms with Crippen molar-refractivity contribution in [1.82, 2.24) is 10.2 Å². The Hall–Kier alpha value is -2.66. The minimum absolute atomic E-state index is 0.0154. The number of hydrogen-bond acceptors (Lipinski definition) is 3. The molecule has 1 aliphatic heterocycles. The average molecular weight is 421 g/mol. The predicted octanol–water partition coefficient (Wildman–Crippen LogP) is 5.27. The van der Waals surface area contributed by atoms with Crippen LogP contribution in [0, 0.1) is 11.8 Å². The molecule has 1 aliphatic rings. The fourth-order valence-corrected chi connectivity index (χ4v) is 5.21. The molecule has 30 heavy (non-hydrogen) atoms. The van der Waals surface area contributed by atoms with Crippen LogP contribution in [-0.4, -0.2) is 29.8 Å². The predicted molar refractivity (Wildman–Crippen MR) is 123 cm³/mol. The van der Waals surface area contributed by atoms with Crippen molar-refractivity contribution in [3.8, 4) is 0 Å². The summed E-state index contributed by atoms with van der Waals surface area (Å²) >= 11 is 1.67. The summed E-state index contributed by atoms with van der Waals surface area (Å²) in [4.78, 5) is 29.4. The fourth-order valence-electron chi connectivity index (χ4n) is 4.26. The van der Waals surface area contributed by atoms with Gasteiger partial charge in [-0.2, -0.15) is 0 Å². The largest absolute Gasteiger partial charge is 0.348 e. The third kappa shape index (κ3) is 4.26. The molecule has 4 rings (SSSR count). The average Bonchev–Trinajstić information content (AvgIpc) is 3.30. The summed E-state index contributed by atoms with van der Waals surface area (Å²) in [7, 11) is 0. The van der Waals surface area contributed by atoms with Crippen molar-refractivity contribution in [1.29, 1.82) is 0 Å². The van der Waals surface area contributed by atoms with Gasteiger partial charge in [0.25, 0.3) is 5.91 Å². The number of nitrogens with zero attached hydrogens (tertiary/aromatic N) is 1. The number of likely N-dealkylation sites (tertiary alicyclic amines) is 1. The number of carbonyl (C=O) groups excluding carboxylic acids is 2. The number of thiophene rings is 1. The maximum Gasteiger partial charge on any atom is 0.254 e. The van der Waals surface area contributed by atoms with Crippen molar-refractivity contribution in [2.75, 3.05) is 13.1 Å². The van der Waals surface area contributed by atoms with Crippen LogP contribution in [0.4, 0.5) is 0 Å². The van der Waals surface area contributed by atoms with E-state index in [0.29, 0.717) is 24.6 Å². The fraction of sp³-hybridized carbons (Fsp3) is 0.360. The monoisotopic (exact) mass is 420 g/mol. The lowest BCUT2D eigenvalue weighted by Crippen LogP contribution is -2.46. The van der Waals surface area contributed by atoms with Gasteiger partial charge in [-0.25, -0.2) is 0 Å². The third-order valence-corrected chi connectivity index (χ3v) is 6.87. The van der Waals surface area contributed by atoms with Crippen LogP contribution < -0.4 is 5.32 Å². The molecule has 2 amide bonds. The van der Waals surface area contributed by atoms with Gasteiger partial charge in [0, 0.05) is 23.5 Å². The van der Waals surface area contributed by atoms with Crippen LogP contribution in [0.1, 0.15) is 48.0 Å². The van der Waals surface area contributed by atoms with E-state index in [1.54, 1.807) is 11.3 Å². The normalized spacial score (nSPS) is 17.8. The molecule has 2 atom stereocenters. The SMILES string of the molecule is CC(C)[C@@H](NC(=O)[C@@H]1CCCN(C(=O)c2cccc3ccccc23)C1)c1cccs1. The van der Waals surface area contributed by atoms with Crippen molar-refractivity contribution in [3.63, 3.8) is 0 Å². The minimum Gasteiger partial charge on any atom is -0.348 e. The molecule has 0 radical (unpaired) electrons. The highest BCUT2D eigenvalue weighted by atomic mass is 32.1. The van der Waals surface area contributed by atoms with E-state index >= 15 is 0 Å². The van der Waals surface area contributed by atoms with E-state index in [0.717, 1.165) is 23.6 Å². The molecule has 1 N–H and O–H groups in total. The zero-order valence-corrected chi connectivity index (χ0v) is 18.3. The van der Waals surface area contributed by atoms with Crippen LogP contribution in [0.3, 0.4) is 0 Å². The summed E-state index contributed by atoms with van der Waals surface area (Å²) in [5, 5.41) is 7.32. The van der Waals surface area contributed by atoms with Gasteiger partial charge >= 0.3 is 0 Å². The summed E-state index contributed by atoms with van der Waals surface area (Å²) in [6.45, 7) is 5.43. The Bertz CT molecular complexity index is 1020. The first kappa shape index (κ1) is 20.6. The van der Waals surface area contributed by atoms with E-state index in [2.05, 4.69) is 25.2 Å². The van der Waals surface area contributed by atoms with Gasteiger partial charge in [-0.3, -0.25) is 9.59 Å². The number of rotatable bonds is 5. The van der Waals surface area contributed by atoms with Crippen molar-refractivity contribution >= 4 is 33.9 Å². The summed E-state index contributed by atoms with van der Waals surface area (Å²) in [6.07, 6.45) is 1.67. The Balaban J connectivity index is 1.48. The first-order valence-corrected chi connectivity index (χ1v) is 11.5. The highest BCUT2D eigenvalue weighted by Crippen LogP contribution is 2.28. The topological polar surface area (TPSA) is 49.4 Å². The number of nitrogens with one attached hydrogen (secondary N) is 1. The molecule has 0 spiro atoms. The Kier molecular flexibility index (Phi) is 6.18. The number of piperidine rings is 1. The van der Waals surface area contributed by atoms with E-state index in [9.17, 15) is 9.59 Å². The number of amides is 2. The van der Waals surface area contributed by atoms with E-state index < -0.39 is 0 Å². The molecule has 3 aromatic rings. The van der Waals surface area contributed by atoms with Crippen molar-refractivity contribution in [2.24, 2.45) is 11.8 Å². The van der Waals surface area contributed by atoms with Gasteiger partial charge in [0.15, 0.2) is 0 Å². The molecule has 1 fully saturated rings. The second kappa shape index (κ2) is 9.00. The molecule has 0 bridgehead atoms. The molecular formula is C25H28N2O2S. The standard InChI is InChI=1S/C25H28N2O2S/c1-17(2)23(22-13-7-15-30-22)26-24(28)19-10-6-14-27(16-19)25(29)21-12-5-9-18-8-3-4-11-20(18)21/h3-5,7-9,11-13,15,17,19,23H,6,10,14,16H2,1-2H3,(H,26,28)/t19-,23-/m1/s1. The van der Waals surface area contributed by atoms with Crippen molar-refractivity contribution in [2.45, 2.75) is 32.7 Å². The van der Waals surface area contributed by atoms with Crippen molar-refractivity contribution < 1.29 is 9.59 Å². The van der Waals surface area contributed by atoms with E-state index in [1.807, 2.05) is 58.8 Å². The molecule has 4 nitrogen and oxygen atoms in total. The third-order valence-electron chi connectivity index (χ3n) is 5.91. The molecule has 1 saturated heterocycles. The quantitative estimate of drug-likeness (QED) is 0.611. The maximum atomic E-state index is 13.3. The summed E-state index contributed by atoms with van der Waals surface area (Å²) in [6, 6.07) is 17.9. The lowest BCUT2D eigenvalue weighted by atomic mass is 9.94. The zero-order valence-electron chi connectivity index (χ0n) is 17.5. The van der Waals surface area contributed by atoms with E-state index in [4.69, 9.17) is 0 Å². The Morgan fingerprint density at radius 1 is 1.07 bits per heavy atom. The molecule has 0 aliphatic carbocycles. The Morgan fingerprint density at radius 3 is 2.63 bits per heavy atom. The van der Waals surface area contributed by atoms with Crippen LogP contribution in [-0.2, 0) is 4.79 Å². The highest BCUT2D eigenvalue weighted by molar-refractivity contribution is 7.10. The summed E-state index contributed by atoms with van der Waals surface area (Å²) in [5.41, 5.74) is 0.716. The van der Waals surface area contributed by atoms with Gasteiger partial charge in [0.2, 0.25) is 5.91 Å². The smallest absolute Gasteiger partial charge is 0.254 e. The van der Waals surface area contributed by atoms with Crippen LogP contribution >= 0.6 is 11.3 Å². The van der Waals surface area contributed by atoms with Gasteiger partial charge in [0.05, 0.1) is 12.0 Å². The van der Waals surface area contributed by atoms with Crippen LogP contribution in [0.2, 0.25) is 0 Å². The van der Waals surface area contributed by atoms with Gasteiger partial charge < -0.3 is 10.2 Å². The van der Waals surface area contributed by atoms with Crippen molar-refractivity contribution in [3.05, 3.63) is 70.4 Å². The van der Waals surface area contributed by atoms with E-state index in [-0.39, 0.29) is 23.8 Å². The molecule has 5 heteroatoms. The number of carbonyl (C=O) groups is 2. The number of fused-ring (bicyclic) bond motifs is 1. The summed E-state index contributed by atoms with van der Waals surface area (Å²) < 4.78 is 0. The highest BCUT2D eigenvalue weighted by Gasteiger charge is 2.31. The van der Waals surface area contributed by atoms with E-state index in [1.165, 1.54) is 4.88 Å². The minimum atomic E-state index is -0.168. The first-order chi connectivity index (χ1) is 14.5. The Morgan fingerprint density at radius 2 is 1.87 bits per heavy atom. The molecular weight excluding hydrogens is 392 g/mol. The molecule has 2 aromatic carbocycles. The second-order valence-electron chi connectivity index (χ2n) is 8.36. The molecule has 1 aromatic heterocycles. The number of hydrogen-bond donors (Lipinski definition) is 1. The molecule has 0 saturated carbocycles. The summed E-state index contributed by atoms with van der Waals surface area (Å²) in [5.74, 6) is 0.212. The first-order valence-electron chi connectivity index (χ1n) is 10.7. The van der Waals surface area contributed by atoms with Crippen LogP contribution in [0.25, 0.3) is 10.8 Å². The lowest BCUT2D eigenvalue weighted by Gasteiger charge is -2.33. The lowest BCUT2D eigenvalue weighted by molar-refractivity contribution is -0.127.